The first kappa shape index (κ1) is 29.6. The number of Topliss-reactive ketones (excluding diaryl/α,β-unsaturated/α-hetero) is 1. The van der Waals surface area contributed by atoms with E-state index in [0.29, 0.717) is 19.3 Å². The van der Waals surface area contributed by atoms with Gasteiger partial charge in [0.1, 0.15) is 6.54 Å². The average Bonchev–Trinajstić information content (AvgIpc) is 3.38. The van der Waals surface area contributed by atoms with Crippen LogP contribution in [0.25, 0.3) is 0 Å². The molecule has 11 nitrogen and oxygen atoms in total. The fraction of sp³-hybridized carbons (Fsp3) is 0.714. The number of aliphatic hydroxyl groups is 1. The van der Waals surface area contributed by atoms with Crippen LogP contribution in [0, 0.1) is 28.6 Å². The van der Waals surface area contributed by atoms with Crippen molar-refractivity contribution in [2.45, 2.75) is 83.4 Å². The van der Waals surface area contributed by atoms with Crippen LogP contribution in [0.2, 0.25) is 0 Å². The minimum Gasteiger partial charge on any atom is -0.441 e. The van der Waals surface area contributed by atoms with Crippen LogP contribution in [-0.2, 0) is 28.6 Å². The van der Waals surface area contributed by atoms with Crippen molar-refractivity contribution in [3.8, 4) is 0 Å². The van der Waals surface area contributed by atoms with Gasteiger partial charge in [-0.05, 0) is 56.1 Å². The maximum Gasteiger partial charge on any atom is 0.408 e. The highest BCUT2D eigenvalue weighted by molar-refractivity contribution is 14.1. The Morgan fingerprint density at radius 3 is 2.77 bits per heavy atom. The SMILES string of the molecule is CCCC1O[C@@H]2C[C@H]3[C@@H]4CCC5=CC(=O)C=C[C@]5(C)[C@H]4[C@@H](O)C[C@]3(C)[C@]2(C(=O)COC(=O)NCC(=O)NNI)O1. The summed E-state index contributed by atoms with van der Waals surface area (Å²) >= 11 is 1.73. The lowest BCUT2D eigenvalue weighted by Gasteiger charge is -2.59. The predicted molar refractivity (Wildman–Crippen MR) is 150 cm³/mol. The maximum absolute atomic E-state index is 14.1. The summed E-state index contributed by atoms with van der Waals surface area (Å²) in [6, 6.07) is 0. The Balaban J connectivity index is 1.40. The first-order valence-corrected chi connectivity index (χ1v) is 15.1. The number of allylic oxidation sites excluding steroid dienone is 4. The van der Waals surface area contributed by atoms with Gasteiger partial charge < -0.3 is 24.6 Å². The third-order valence-corrected chi connectivity index (χ3v) is 10.4. The molecule has 3 saturated carbocycles. The molecule has 0 radical (unpaired) electrons. The van der Waals surface area contributed by atoms with Crippen LogP contribution >= 0.6 is 22.9 Å². The fourth-order valence-electron chi connectivity index (χ4n) is 8.54. The number of halogens is 1. The van der Waals surface area contributed by atoms with E-state index in [-0.39, 0.29) is 30.1 Å². The number of fused-ring (bicyclic) bond motifs is 7. The molecule has 5 rings (SSSR count). The Labute approximate surface area is 247 Å². The van der Waals surface area contributed by atoms with Crippen molar-refractivity contribution < 1.29 is 38.5 Å². The predicted octanol–water partition coefficient (Wildman–Crippen LogP) is 2.42. The number of carbonyl (C=O) groups excluding carboxylic acids is 4. The molecular formula is C28H38IN3O8. The zero-order chi connectivity index (χ0) is 28.9. The zero-order valence-corrected chi connectivity index (χ0v) is 25.2. The van der Waals surface area contributed by atoms with Crippen molar-refractivity contribution in [3.05, 3.63) is 23.8 Å². The molecule has 40 heavy (non-hydrogen) atoms. The lowest BCUT2D eigenvalue weighted by molar-refractivity contribution is -0.200. The van der Waals surface area contributed by atoms with Gasteiger partial charge in [-0.1, -0.05) is 38.8 Å². The molecule has 1 unspecified atom stereocenters. The Morgan fingerprint density at radius 2 is 2.05 bits per heavy atom. The molecule has 12 heteroatoms. The molecule has 1 saturated heterocycles. The van der Waals surface area contributed by atoms with Gasteiger partial charge in [-0.15, -0.1) is 0 Å². The molecule has 4 aliphatic carbocycles. The van der Waals surface area contributed by atoms with E-state index in [0.717, 1.165) is 24.8 Å². The topological polar surface area (TPSA) is 152 Å². The first-order chi connectivity index (χ1) is 19.0. The fourth-order valence-corrected chi connectivity index (χ4v) is 8.84. The summed E-state index contributed by atoms with van der Waals surface area (Å²) in [5.74, 6) is -0.866. The van der Waals surface area contributed by atoms with Crippen LogP contribution in [0.3, 0.4) is 0 Å². The van der Waals surface area contributed by atoms with Gasteiger partial charge in [-0.25, -0.2) is 4.79 Å². The highest BCUT2D eigenvalue weighted by Gasteiger charge is 2.75. The Bertz CT molecular complexity index is 1140. The van der Waals surface area contributed by atoms with E-state index in [4.69, 9.17) is 14.2 Å². The highest BCUT2D eigenvalue weighted by Crippen LogP contribution is 2.69. The Hall–Kier alpha value is -1.87. The van der Waals surface area contributed by atoms with Crippen molar-refractivity contribution >= 4 is 46.4 Å². The molecule has 4 N–H and O–H groups in total. The van der Waals surface area contributed by atoms with E-state index in [2.05, 4.69) is 21.3 Å². The number of ketones is 2. The summed E-state index contributed by atoms with van der Waals surface area (Å²) < 4.78 is 20.6. The summed E-state index contributed by atoms with van der Waals surface area (Å²) in [4.78, 5) is 50.1. The number of rotatable bonds is 8. The van der Waals surface area contributed by atoms with E-state index < -0.39 is 59.3 Å². The summed E-state index contributed by atoms with van der Waals surface area (Å²) in [5, 5.41) is 14.1. The normalized spacial score (nSPS) is 41.2. The summed E-state index contributed by atoms with van der Waals surface area (Å²) in [7, 11) is 0. The molecule has 220 valence electrons. The highest BCUT2D eigenvalue weighted by atomic mass is 127. The van der Waals surface area contributed by atoms with Crippen LogP contribution in [0.15, 0.2) is 23.8 Å². The Kier molecular flexibility index (Phi) is 8.21. The van der Waals surface area contributed by atoms with E-state index >= 15 is 0 Å². The standard InChI is InChI=1S/C28H38IN3O8/c1-4-5-23-39-21-11-18-17-7-6-15-10-16(33)8-9-26(15,2)24(17)19(34)12-27(18,3)28(21,40-23)20(35)14-38-25(37)30-13-22(36)31-32-29/h8-10,17-19,21,23-24,32,34H,4-7,11-14H2,1-3H3,(H,30,37)(H,31,36)/t17-,18-,19-,21+,23?,24+,26-,27-,28+/m0/s1. The molecule has 0 aromatic heterocycles. The lowest BCUT2D eigenvalue weighted by Crippen LogP contribution is -2.63. The van der Waals surface area contributed by atoms with Crippen LogP contribution in [0.4, 0.5) is 4.79 Å². The van der Waals surface area contributed by atoms with Crippen LogP contribution in [-0.4, -0.2) is 65.9 Å². The largest absolute Gasteiger partial charge is 0.441 e. The molecule has 0 bridgehead atoms. The van der Waals surface area contributed by atoms with Gasteiger partial charge in [0.05, 0.1) is 12.2 Å². The van der Waals surface area contributed by atoms with Gasteiger partial charge >= 0.3 is 6.09 Å². The van der Waals surface area contributed by atoms with E-state index in [1.54, 1.807) is 35.0 Å². The number of amides is 2. The van der Waals surface area contributed by atoms with Gasteiger partial charge in [-0.2, -0.15) is 3.64 Å². The summed E-state index contributed by atoms with van der Waals surface area (Å²) in [5.41, 5.74) is 0.819. The number of hydrazine groups is 1. The number of carbonyl (C=O) groups is 4. The van der Waals surface area contributed by atoms with Crippen molar-refractivity contribution in [2.24, 2.45) is 28.6 Å². The second kappa shape index (κ2) is 11.1. The maximum atomic E-state index is 14.1. The molecule has 1 heterocycles. The third-order valence-electron chi connectivity index (χ3n) is 10.1. The summed E-state index contributed by atoms with van der Waals surface area (Å²) in [6.07, 6.45) is 6.46. The molecule has 0 spiro atoms. The second-order valence-corrected chi connectivity index (χ2v) is 12.7. The minimum absolute atomic E-state index is 0.0175. The van der Waals surface area contributed by atoms with Crippen LogP contribution in [0.1, 0.15) is 59.3 Å². The smallest absolute Gasteiger partial charge is 0.408 e. The van der Waals surface area contributed by atoms with Crippen LogP contribution in [0.5, 0.6) is 0 Å². The zero-order valence-electron chi connectivity index (χ0n) is 23.0. The number of aliphatic hydroxyl groups excluding tert-OH is 1. The molecular weight excluding hydrogens is 633 g/mol. The molecule has 9 atom stereocenters. The minimum atomic E-state index is -1.37. The van der Waals surface area contributed by atoms with Crippen molar-refractivity contribution in [1.29, 1.82) is 0 Å². The Morgan fingerprint density at radius 1 is 1.27 bits per heavy atom. The molecule has 2 amide bonds. The number of hydrogen-bond acceptors (Lipinski definition) is 9. The first-order valence-electron chi connectivity index (χ1n) is 14.0. The van der Waals surface area contributed by atoms with E-state index in [1.165, 1.54) is 0 Å². The summed E-state index contributed by atoms with van der Waals surface area (Å²) in [6.45, 7) is 5.27. The number of hydrogen-bond donors (Lipinski definition) is 4. The molecule has 0 aromatic rings. The van der Waals surface area contributed by atoms with Gasteiger partial charge in [-0.3, -0.25) is 19.8 Å². The number of ether oxygens (including phenoxy) is 3. The molecule has 0 aromatic carbocycles. The molecule has 5 aliphatic rings. The van der Waals surface area contributed by atoms with Gasteiger partial charge in [0.15, 0.2) is 24.3 Å². The van der Waals surface area contributed by atoms with Gasteiger partial charge in [0.25, 0.3) is 5.91 Å². The quantitative estimate of drug-likeness (QED) is 0.173. The van der Waals surface area contributed by atoms with Gasteiger partial charge in [0.2, 0.25) is 5.78 Å². The molecule has 4 fully saturated rings. The lowest BCUT2D eigenvalue weighted by atomic mass is 9.46. The number of nitrogens with one attached hydrogen (secondary N) is 3. The number of alkyl carbamates (subject to hydrolysis) is 1. The van der Waals surface area contributed by atoms with Crippen LogP contribution < -0.4 is 14.4 Å². The van der Waals surface area contributed by atoms with Crippen molar-refractivity contribution in [1.82, 2.24) is 14.4 Å². The third kappa shape index (κ3) is 4.63. The van der Waals surface area contributed by atoms with Crippen molar-refractivity contribution in [3.63, 3.8) is 0 Å². The van der Waals surface area contributed by atoms with E-state index in [1.807, 2.05) is 19.9 Å². The van der Waals surface area contributed by atoms with Crippen molar-refractivity contribution in [2.75, 3.05) is 13.2 Å². The van der Waals surface area contributed by atoms with Gasteiger partial charge in [0, 0.05) is 39.6 Å². The second-order valence-electron chi connectivity index (χ2n) is 12.1. The van der Waals surface area contributed by atoms with E-state index in [9.17, 15) is 24.3 Å². The average molecular weight is 672 g/mol. The molecule has 1 aliphatic heterocycles. The monoisotopic (exact) mass is 671 g/mol.